The van der Waals surface area contributed by atoms with E-state index in [0.717, 1.165) is 30.0 Å². The lowest BCUT2D eigenvalue weighted by atomic mass is 10.0. The maximum Gasteiger partial charge on any atom is 0.312 e. The normalized spacial score (nSPS) is 18.0. The molecule has 0 N–H and O–H groups in total. The molecule has 1 aliphatic rings. The summed E-state index contributed by atoms with van der Waals surface area (Å²) >= 11 is 0. The average Bonchev–Trinajstić information content (AvgIpc) is 3.12. The Morgan fingerprint density at radius 2 is 1.88 bits per heavy atom. The quantitative estimate of drug-likeness (QED) is 0.589. The van der Waals surface area contributed by atoms with E-state index in [1.165, 1.54) is 23.5 Å². The Morgan fingerprint density at radius 1 is 1.19 bits per heavy atom. The number of rotatable bonds is 5. The number of nitro groups is 1. The monoisotopic (exact) mass is 376 g/mol. The summed E-state index contributed by atoms with van der Waals surface area (Å²) in [5, 5.41) is 11.2. The molecule has 0 radical (unpaired) electrons. The van der Waals surface area contributed by atoms with Gasteiger partial charge in [-0.25, -0.2) is 8.42 Å². The fourth-order valence-corrected chi connectivity index (χ4v) is 4.96. The van der Waals surface area contributed by atoms with Crippen molar-refractivity contribution in [3.63, 3.8) is 0 Å². The Labute approximate surface area is 152 Å². The molecule has 1 fully saturated rings. The molecule has 3 rings (SSSR count). The Hall–Kier alpha value is -2.45. The van der Waals surface area contributed by atoms with Gasteiger partial charge in [0, 0.05) is 12.6 Å². The van der Waals surface area contributed by atoms with Crippen molar-refractivity contribution >= 4 is 15.7 Å². The second-order valence-electron chi connectivity index (χ2n) is 6.28. The Bertz CT molecular complexity index is 925. The van der Waals surface area contributed by atoms with Crippen LogP contribution in [0.2, 0.25) is 0 Å². The van der Waals surface area contributed by atoms with E-state index in [-0.39, 0.29) is 22.4 Å². The van der Waals surface area contributed by atoms with Crippen LogP contribution in [0.25, 0.3) is 0 Å². The maximum absolute atomic E-state index is 13.1. The summed E-state index contributed by atoms with van der Waals surface area (Å²) in [6.07, 6.45) is 1.47. The number of nitro benzene ring substituents is 1. The zero-order valence-corrected chi connectivity index (χ0v) is 15.4. The first kappa shape index (κ1) is 18.3. The number of hydrogen-bond acceptors (Lipinski definition) is 5. The van der Waals surface area contributed by atoms with Crippen LogP contribution in [0.4, 0.5) is 5.69 Å². The Kier molecular flexibility index (Phi) is 4.97. The van der Waals surface area contributed by atoms with Crippen LogP contribution in [0.5, 0.6) is 5.75 Å². The number of sulfonamides is 1. The third-order valence-corrected chi connectivity index (χ3v) is 6.52. The van der Waals surface area contributed by atoms with E-state index in [1.54, 1.807) is 0 Å². The van der Waals surface area contributed by atoms with Gasteiger partial charge in [0.1, 0.15) is 0 Å². The van der Waals surface area contributed by atoms with Crippen LogP contribution in [0.1, 0.15) is 30.0 Å². The van der Waals surface area contributed by atoms with Crippen LogP contribution in [-0.2, 0) is 10.0 Å². The smallest absolute Gasteiger partial charge is 0.312 e. The van der Waals surface area contributed by atoms with Crippen LogP contribution in [0, 0.1) is 17.0 Å². The zero-order valence-electron chi connectivity index (χ0n) is 14.6. The Morgan fingerprint density at radius 3 is 2.50 bits per heavy atom. The highest BCUT2D eigenvalue weighted by Crippen LogP contribution is 2.38. The second kappa shape index (κ2) is 7.05. The highest BCUT2D eigenvalue weighted by atomic mass is 32.2. The lowest BCUT2D eigenvalue weighted by Gasteiger charge is -2.24. The number of ether oxygens (including phenoxy) is 1. The summed E-state index contributed by atoms with van der Waals surface area (Å²) in [6, 6.07) is 11.3. The molecule has 1 unspecified atom stereocenters. The van der Waals surface area contributed by atoms with Crippen molar-refractivity contribution in [2.24, 2.45) is 0 Å². The minimum atomic E-state index is -3.85. The molecule has 1 saturated heterocycles. The van der Waals surface area contributed by atoms with Crippen LogP contribution >= 0.6 is 0 Å². The van der Waals surface area contributed by atoms with Gasteiger partial charge in [-0.3, -0.25) is 10.1 Å². The van der Waals surface area contributed by atoms with Gasteiger partial charge in [-0.1, -0.05) is 29.8 Å². The zero-order chi connectivity index (χ0) is 18.9. The molecule has 0 spiro atoms. The first-order valence-corrected chi connectivity index (χ1v) is 9.69. The number of hydrogen-bond donors (Lipinski definition) is 0. The minimum Gasteiger partial charge on any atom is -0.490 e. The molecular formula is C18H20N2O5S. The van der Waals surface area contributed by atoms with E-state index < -0.39 is 14.9 Å². The van der Waals surface area contributed by atoms with Gasteiger partial charge in [0.15, 0.2) is 5.75 Å². The van der Waals surface area contributed by atoms with E-state index in [9.17, 15) is 18.5 Å². The maximum atomic E-state index is 13.1. The molecule has 8 heteroatoms. The molecule has 2 aromatic carbocycles. The summed E-state index contributed by atoms with van der Waals surface area (Å²) in [5.41, 5.74) is 1.67. The van der Waals surface area contributed by atoms with E-state index in [4.69, 9.17) is 4.74 Å². The molecule has 1 heterocycles. The molecule has 2 aromatic rings. The van der Waals surface area contributed by atoms with Crippen LogP contribution in [0.15, 0.2) is 47.4 Å². The van der Waals surface area contributed by atoms with Gasteiger partial charge in [-0.15, -0.1) is 0 Å². The third-order valence-electron chi connectivity index (χ3n) is 4.62. The van der Waals surface area contributed by atoms with Gasteiger partial charge in [0.25, 0.3) is 0 Å². The van der Waals surface area contributed by atoms with Crippen molar-refractivity contribution in [1.82, 2.24) is 4.31 Å². The number of nitrogens with zero attached hydrogens (tertiary/aromatic N) is 2. The van der Waals surface area contributed by atoms with E-state index in [1.807, 2.05) is 31.2 Å². The minimum absolute atomic E-state index is 0.0328. The molecule has 0 aliphatic carbocycles. The fraction of sp³-hybridized carbons (Fsp3) is 0.333. The van der Waals surface area contributed by atoms with Crippen LogP contribution < -0.4 is 4.74 Å². The van der Waals surface area contributed by atoms with Crippen molar-refractivity contribution < 1.29 is 18.1 Å². The third kappa shape index (κ3) is 3.30. The molecule has 0 bridgehead atoms. The van der Waals surface area contributed by atoms with Gasteiger partial charge < -0.3 is 4.74 Å². The van der Waals surface area contributed by atoms with Crippen molar-refractivity contribution in [2.75, 3.05) is 13.7 Å². The summed E-state index contributed by atoms with van der Waals surface area (Å²) in [5.74, 6) is 0.0328. The first-order valence-electron chi connectivity index (χ1n) is 8.25. The summed E-state index contributed by atoms with van der Waals surface area (Å²) < 4.78 is 32.6. The molecule has 1 atom stereocenters. The van der Waals surface area contributed by atoms with E-state index >= 15 is 0 Å². The standard InChI is InChI=1S/C18H20N2O5S/c1-13-5-7-14(8-6-13)16-4-3-11-19(16)26(23,24)15-9-10-18(25-2)17(12-15)20(21)22/h5-10,12,16H,3-4,11H2,1-2H3. The molecular weight excluding hydrogens is 356 g/mol. The lowest BCUT2D eigenvalue weighted by Crippen LogP contribution is -2.30. The van der Waals surface area contributed by atoms with Gasteiger partial charge in [0.05, 0.1) is 23.0 Å². The van der Waals surface area contributed by atoms with Gasteiger partial charge in [-0.05, 0) is 37.5 Å². The van der Waals surface area contributed by atoms with Crippen molar-refractivity contribution in [2.45, 2.75) is 30.7 Å². The van der Waals surface area contributed by atoms with Crippen LogP contribution in [0.3, 0.4) is 0 Å². The lowest BCUT2D eigenvalue weighted by molar-refractivity contribution is -0.386. The number of methoxy groups -OCH3 is 1. The van der Waals surface area contributed by atoms with E-state index in [0.29, 0.717) is 6.54 Å². The highest BCUT2D eigenvalue weighted by molar-refractivity contribution is 7.89. The van der Waals surface area contributed by atoms with Gasteiger partial charge in [0.2, 0.25) is 10.0 Å². The van der Waals surface area contributed by atoms with E-state index in [2.05, 4.69) is 0 Å². The van der Waals surface area contributed by atoms with Gasteiger partial charge >= 0.3 is 5.69 Å². The molecule has 138 valence electrons. The van der Waals surface area contributed by atoms with Crippen molar-refractivity contribution in [3.8, 4) is 5.75 Å². The fourth-order valence-electron chi connectivity index (χ4n) is 3.26. The summed E-state index contributed by atoms with van der Waals surface area (Å²) in [4.78, 5) is 10.5. The molecule has 7 nitrogen and oxygen atoms in total. The second-order valence-corrected chi connectivity index (χ2v) is 8.17. The average molecular weight is 376 g/mol. The Balaban J connectivity index is 2.00. The first-order chi connectivity index (χ1) is 12.3. The highest BCUT2D eigenvalue weighted by Gasteiger charge is 2.37. The summed E-state index contributed by atoms with van der Waals surface area (Å²) in [6.45, 7) is 2.37. The van der Waals surface area contributed by atoms with Crippen molar-refractivity contribution in [1.29, 1.82) is 0 Å². The molecule has 0 amide bonds. The predicted molar refractivity (Wildman–Crippen MR) is 96.7 cm³/mol. The molecule has 0 saturated carbocycles. The van der Waals surface area contributed by atoms with Crippen LogP contribution in [-0.4, -0.2) is 31.3 Å². The number of benzene rings is 2. The van der Waals surface area contributed by atoms with Gasteiger partial charge in [-0.2, -0.15) is 4.31 Å². The van der Waals surface area contributed by atoms with Crippen molar-refractivity contribution in [3.05, 3.63) is 63.7 Å². The predicted octanol–water partition coefficient (Wildman–Crippen LogP) is 3.44. The topological polar surface area (TPSA) is 89.8 Å². The molecule has 26 heavy (non-hydrogen) atoms. The summed E-state index contributed by atoms with van der Waals surface area (Å²) in [7, 11) is -2.54. The SMILES string of the molecule is COc1ccc(S(=O)(=O)N2CCCC2c2ccc(C)cc2)cc1[N+](=O)[O-]. The molecule has 1 aliphatic heterocycles. The number of aryl methyl sites for hydroxylation is 1. The largest absolute Gasteiger partial charge is 0.490 e. The molecule has 0 aromatic heterocycles.